The molecule has 0 spiro atoms. The highest BCUT2D eigenvalue weighted by Crippen LogP contribution is 2.01. The molecule has 1 saturated heterocycles. The Morgan fingerprint density at radius 3 is 2.90 bits per heavy atom. The van der Waals surface area contributed by atoms with E-state index in [1.807, 2.05) is 0 Å². The molecule has 1 atom stereocenters. The van der Waals surface area contributed by atoms with Gasteiger partial charge in [-0.1, -0.05) is 0 Å². The van der Waals surface area contributed by atoms with Gasteiger partial charge in [0.1, 0.15) is 0 Å². The molecular formula is C8H13NO. The maximum Gasteiger partial charge on any atom is 0.0643 e. The van der Waals surface area contributed by atoms with Gasteiger partial charge in [0.25, 0.3) is 0 Å². The number of hydrogen-bond acceptors (Lipinski definition) is 2. The molecule has 1 aliphatic rings. The van der Waals surface area contributed by atoms with Gasteiger partial charge >= 0.3 is 0 Å². The number of rotatable bonds is 3. The maximum atomic E-state index is 5.14. The molecule has 1 heterocycles. The van der Waals surface area contributed by atoms with Crippen molar-refractivity contribution in [3.8, 4) is 12.3 Å². The molecule has 56 valence electrons. The van der Waals surface area contributed by atoms with Crippen LogP contribution in [-0.2, 0) is 4.74 Å². The van der Waals surface area contributed by atoms with Gasteiger partial charge in [-0.05, 0) is 6.92 Å². The smallest absolute Gasteiger partial charge is 0.0643 e. The van der Waals surface area contributed by atoms with Crippen LogP contribution in [0.4, 0.5) is 0 Å². The van der Waals surface area contributed by atoms with E-state index in [1.165, 1.54) is 0 Å². The molecule has 1 aliphatic heterocycles. The van der Waals surface area contributed by atoms with E-state index in [9.17, 15) is 0 Å². The molecule has 10 heavy (non-hydrogen) atoms. The highest BCUT2D eigenvalue weighted by Gasteiger charge is 2.18. The molecule has 0 saturated carbocycles. The number of hydrogen-bond donors (Lipinski definition) is 1. The Hall–Kier alpha value is -0.520. The van der Waals surface area contributed by atoms with Crippen molar-refractivity contribution in [1.29, 1.82) is 0 Å². The molecule has 0 aromatic carbocycles. The minimum absolute atomic E-state index is 0.430. The average Bonchev–Trinajstić information content (AvgIpc) is 1.80. The van der Waals surface area contributed by atoms with Crippen LogP contribution in [0.3, 0.4) is 0 Å². The van der Waals surface area contributed by atoms with Gasteiger partial charge in [-0.2, -0.15) is 0 Å². The molecule has 1 N–H and O–H groups in total. The van der Waals surface area contributed by atoms with Crippen LogP contribution in [0.1, 0.15) is 13.3 Å². The third kappa shape index (κ3) is 2.02. The van der Waals surface area contributed by atoms with E-state index in [0.717, 1.165) is 19.6 Å². The van der Waals surface area contributed by atoms with Gasteiger partial charge in [-0.3, -0.25) is 0 Å². The first kappa shape index (κ1) is 7.59. The number of ether oxygens (including phenoxy) is 1. The molecule has 2 heteroatoms. The van der Waals surface area contributed by atoms with E-state index >= 15 is 0 Å². The summed E-state index contributed by atoms with van der Waals surface area (Å²) in [6.45, 7) is 3.78. The predicted molar refractivity (Wildman–Crippen MR) is 40.7 cm³/mol. The zero-order valence-corrected chi connectivity index (χ0v) is 6.26. The molecule has 1 fully saturated rings. The van der Waals surface area contributed by atoms with Crippen molar-refractivity contribution in [1.82, 2.24) is 5.32 Å². The zero-order valence-electron chi connectivity index (χ0n) is 6.26. The SMILES string of the molecule is C#CCC(C)NC1COC1. The van der Waals surface area contributed by atoms with Crippen LogP contribution in [0.15, 0.2) is 0 Å². The van der Waals surface area contributed by atoms with Gasteiger partial charge in [0.15, 0.2) is 0 Å². The molecule has 0 aliphatic carbocycles. The van der Waals surface area contributed by atoms with Gasteiger partial charge in [0.2, 0.25) is 0 Å². The quantitative estimate of drug-likeness (QED) is 0.571. The normalized spacial score (nSPS) is 21.2. The van der Waals surface area contributed by atoms with E-state index in [2.05, 4.69) is 18.2 Å². The summed E-state index contributed by atoms with van der Waals surface area (Å²) >= 11 is 0. The van der Waals surface area contributed by atoms with Crippen LogP contribution in [0.2, 0.25) is 0 Å². The van der Waals surface area contributed by atoms with E-state index in [-0.39, 0.29) is 0 Å². The van der Waals surface area contributed by atoms with Crippen LogP contribution in [0.25, 0.3) is 0 Å². The summed E-state index contributed by atoms with van der Waals surface area (Å²) in [5, 5.41) is 3.35. The average molecular weight is 139 g/mol. The van der Waals surface area contributed by atoms with Crippen molar-refractivity contribution < 1.29 is 4.74 Å². The lowest BCUT2D eigenvalue weighted by atomic mass is 10.2. The summed E-state index contributed by atoms with van der Waals surface area (Å²) < 4.78 is 5.00. The van der Waals surface area contributed by atoms with Crippen molar-refractivity contribution in [3.05, 3.63) is 0 Å². The summed E-state index contributed by atoms with van der Waals surface area (Å²) in [6, 6.07) is 0.974. The van der Waals surface area contributed by atoms with Gasteiger partial charge in [-0.15, -0.1) is 12.3 Å². The Bertz CT molecular complexity index is 135. The summed E-state index contributed by atoms with van der Waals surface area (Å²) in [5.74, 6) is 2.62. The standard InChI is InChI=1S/C8H13NO/c1-3-4-7(2)9-8-5-10-6-8/h1,7-9H,4-6H2,2H3. The third-order valence-corrected chi connectivity index (χ3v) is 1.58. The number of terminal acetylenes is 1. The molecule has 0 amide bonds. The van der Waals surface area contributed by atoms with Gasteiger partial charge in [0.05, 0.1) is 19.3 Å². The minimum atomic E-state index is 0.430. The Kier molecular flexibility index (Phi) is 2.73. The van der Waals surface area contributed by atoms with Gasteiger partial charge in [0, 0.05) is 12.5 Å². The lowest BCUT2D eigenvalue weighted by molar-refractivity contribution is -0.00887. The number of nitrogens with one attached hydrogen (secondary N) is 1. The monoisotopic (exact) mass is 139 g/mol. The Morgan fingerprint density at radius 1 is 1.80 bits per heavy atom. The Balaban J connectivity index is 2.06. The highest BCUT2D eigenvalue weighted by atomic mass is 16.5. The molecule has 2 nitrogen and oxygen atoms in total. The van der Waals surface area contributed by atoms with Crippen LogP contribution in [0.5, 0.6) is 0 Å². The first-order chi connectivity index (χ1) is 4.83. The Morgan fingerprint density at radius 2 is 2.50 bits per heavy atom. The largest absolute Gasteiger partial charge is 0.378 e. The van der Waals surface area contributed by atoms with Gasteiger partial charge in [-0.25, -0.2) is 0 Å². The molecule has 0 aromatic heterocycles. The van der Waals surface area contributed by atoms with E-state index < -0.39 is 0 Å². The lowest BCUT2D eigenvalue weighted by Gasteiger charge is -2.29. The molecular weight excluding hydrogens is 126 g/mol. The zero-order chi connectivity index (χ0) is 7.40. The first-order valence-electron chi connectivity index (χ1n) is 3.60. The summed E-state index contributed by atoms with van der Waals surface area (Å²) in [4.78, 5) is 0. The van der Waals surface area contributed by atoms with Crippen molar-refractivity contribution in [2.75, 3.05) is 13.2 Å². The van der Waals surface area contributed by atoms with Crippen LogP contribution in [-0.4, -0.2) is 25.3 Å². The fraction of sp³-hybridized carbons (Fsp3) is 0.750. The van der Waals surface area contributed by atoms with Gasteiger partial charge < -0.3 is 10.1 Å². The summed E-state index contributed by atoms with van der Waals surface area (Å²) in [5.41, 5.74) is 0. The molecule has 1 rings (SSSR count). The van der Waals surface area contributed by atoms with E-state index in [0.29, 0.717) is 12.1 Å². The third-order valence-electron chi connectivity index (χ3n) is 1.58. The summed E-state index contributed by atoms with van der Waals surface area (Å²) in [6.07, 6.45) is 5.95. The van der Waals surface area contributed by atoms with Crippen molar-refractivity contribution in [2.45, 2.75) is 25.4 Å². The molecule has 0 aromatic rings. The Labute approximate surface area is 62.0 Å². The maximum absolute atomic E-state index is 5.14. The van der Waals surface area contributed by atoms with Crippen LogP contribution >= 0.6 is 0 Å². The highest BCUT2D eigenvalue weighted by molar-refractivity contribution is 4.89. The van der Waals surface area contributed by atoms with Crippen molar-refractivity contribution >= 4 is 0 Å². The molecule has 0 radical (unpaired) electrons. The fourth-order valence-electron chi connectivity index (χ4n) is 0.970. The first-order valence-corrected chi connectivity index (χ1v) is 3.60. The fourth-order valence-corrected chi connectivity index (χ4v) is 0.970. The second-order valence-electron chi connectivity index (χ2n) is 2.71. The van der Waals surface area contributed by atoms with Crippen molar-refractivity contribution in [3.63, 3.8) is 0 Å². The van der Waals surface area contributed by atoms with E-state index in [1.54, 1.807) is 0 Å². The second-order valence-corrected chi connectivity index (χ2v) is 2.71. The molecule has 0 bridgehead atoms. The topological polar surface area (TPSA) is 21.3 Å². The van der Waals surface area contributed by atoms with Crippen LogP contribution in [0, 0.1) is 12.3 Å². The second kappa shape index (κ2) is 3.60. The van der Waals surface area contributed by atoms with Crippen LogP contribution < -0.4 is 5.32 Å². The minimum Gasteiger partial charge on any atom is -0.378 e. The van der Waals surface area contributed by atoms with Crippen molar-refractivity contribution in [2.24, 2.45) is 0 Å². The van der Waals surface area contributed by atoms with E-state index in [4.69, 9.17) is 11.2 Å². The lowest BCUT2D eigenvalue weighted by Crippen LogP contribution is -2.49. The molecule has 1 unspecified atom stereocenters. The summed E-state index contributed by atoms with van der Waals surface area (Å²) in [7, 11) is 0. The predicted octanol–water partition coefficient (Wildman–Crippen LogP) is 0.387.